The first kappa shape index (κ1) is 20.3. The Hall–Kier alpha value is -1.39. The average molecular weight is 375 g/mol. The molecule has 3 rings (SSSR count). The summed E-state index contributed by atoms with van der Waals surface area (Å²) in [6.45, 7) is 8.46. The van der Waals surface area contributed by atoms with Crippen molar-refractivity contribution in [2.75, 3.05) is 0 Å². The Morgan fingerprint density at radius 1 is 1.33 bits per heavy atom. The van der Waals surface area contributed by atoms with Crippen molar-refractivity contribution >= 4 is 5.97 Å². The summed E-state index contributed by atoms with van der Waals surface area (Å²) in [7, 11) is 0. The molecule has 0 saturated heterocycles. The molecular weight excluding hydrogens is 340 g/mol. The average Bonchev–Trinajstić information content (AvgIpc) is 2.93. The lowest BCUT2D eigenvalue weighted by molar-refractivity contribution is -0.138. The Bertz CT molecular complexity index is 661. The number of fused-ring (bicyclic) bond motifs is 1. The number of aliphatic carboxylic acids is 1. The second-order valence-electron chi connectivity index (χ2n) is 9.24. The molecule has 3 saturated carbocycles. The molecule has 0 bridgehead atoms. The van der Waals surface area contributed by atoms with Gasteiger partial charge in [0.1, 0.15) is 0 Å². The van der Waals surface area contributed by atoms with Gasteiger partial charge in [-0.3, -0.25) is 4.79 Å². The van der Waals surface area contributed by atoms with Gasteiger partial charge in [0.05, 0.1) is 12.2 Å². The molecule has 0 aromatic carbocycles. The van der Waals surface area contributed by atoms with E-state index in [0.29, 0.717) is 24.7 Å². The van der Waals surface area contributed by atoms with Crippen molar-refractivity contribution in [3.05, 3.63) is 35.5 Å². The number of hydrogen-bond donors (Lipinski definition) is 3. The van der Waals surface area contributed by atoms with Crippen molar-refractivity contribution in [3.8, 4) is 0 Å². The number of hydrogen-bond acceptors (Lipinski definition) is 3. The molecule has 3 aliphatic carbocycles. The lowest BCUT2D eigenvalue weighted by Crippen LogP contribution is -2.36. The summed E-state index contributed by atoms with van der Waals surface area (Å²) in [5.74, 6) is 0.483. The van der Waals surface area contributed by atoms with Crippen LogP contribution < -0.4 is 0 Å². The van der Waals surface area contributed by atoms with Crippen molar-refractivity contribution in [2.24, 2.45) is 23.2 Å². The quantitative estimate of drug-likeness (QED) is 0.688. The third-order valence-corrected chi connectivity index (χ3v) is 7.49. The molecule has 0 aromatic rings. The van der Waals surface area contributed by atoms with E-state index in [4.69, 9.17) is 0 Å². The van der Waals surface area contributed by atoms with Gasteiger partial charge in [0, 0.05) is 12.8 Å². The number of carbonyl (C=O) groups is 1. The minimum absolute atomic E-state index is 0.181. The van der Waals surface area contributed by atoms with Crippen LogP contribution in [0.3, 0.4) is 0 Å². The van der Waals surface area contributed by atoms with Crippen LogP contribution in [0.25, 0.3) is 0 Å². The van der Waals surface area contributed by atoms with Crippen molar-refractivity contribution in [3.63, 3.8) is 0 Å². The SMILES string of the molecule is C=C1/C(=C/C=C2\CCC[C@]3(C)[C@@H]([C@H](C)CC(=O)O)CC[C@@H]23)C[C@H](O)C[C@H]1O. The number of allylic oxidation sites excluding steroid dienone is 3. The van der Waals surface area contributed by atoms with Gasteiger partial charge in [-0.2, -0.15) is 0 Å². The smallest absolute Gasteiger partial charge is 0.303 e. The predicted octanol–water partition coefficient (Wildman–Crippen LogP) is 4.24. The summed E-state index contributed by atoms with van der Waals surface area (Å²) in [5.41, 5.74) is 3.31. The van der Waals surface area contributed by atoms with Gasteiger partial charge in [0.25, 0.3) is 0 Å². The van der Waals surface area contributed by atoms with Crippen molar-refractivity contribution in [1.29, 1.82) is 0 Å². The molecule has 0 spiro atoms. The fraction of sp³-hybridized carbons (Fsp3) is 0.696. The monoisotopic (exact) mass is 374 g/mol. The summed E-state index contributed by atoms with van der Waals surface area (Å²) in [6, 6.07) is 0. The Morgan fingerprint density at radius 3 is 2.78 bits per heavy atom. The van der Waals surface area contributed by atoms with E-state index < -0.39 is 18.2 Å². The van der Waals surface area contributed by atoms with Crippen molar-refractivity contribution in [2.45, 2.75) is 77.4 Å². The molecule has 0 aromatic heterocycles. The van der Waals surface area contributed by atoms with E-state index in [1.165, 1.54) is 12.0 Å². The number of aliphatic hydroxyl groups is 2. The fourth-order valence-corrected chi connectivity index (χ4v) is 6.10. The van der Waals surface area contributed by atoms with Gasteiger partial charge >= 0.3 is 5.97 Å². The standard InChI is InChI=1S/C23H34O4/c1-14(11-22(26)27)19-8-9-20-16(5-4-10-23(19,20)3)6-7-17-12-18(24)13-21(25)15(17)2/h6-7,14,18-21,24-25H,2,4-5,8-13H2,1,3H3,(H,26,27)/b16-6+,17-7+/t14-,18+,19-,20+,21-,23-/m1/s1. The minimum atomic E-state index is -0.696. The Kier molecular flexibility index (Phi) is 5.97. The number of aliphatic hydroxyl groups excluding tert-OH is 2. The Morgan fingerprint density at radius 2 is 2.07 bits per heavy atom. The minimum Gasteiger partial charge on any atom is -0.481 e. The maximum absolute atomic E-state index is 11.2. The topological polar surface area (TPSA) is 77.8 Å². The highest BCUT2D eigenvalue weighted by Crippen LogP contribution is 2.59. The van der Waals surface area contributed by atoms with E-state index in [1.807, 2.05) is 0 Å². The molecule has 27 heavy (non-hydrogen) atoms. The maximum atomic E-state index is 11.2. The molecule has 4 heteroatoms. The second kappa shape index (κ2) is 7.92. The summed E-state index contributed by atoms with van der Waals surface area (Å²) in [6.07, 6.45) is 9.93. The number of rotatable bonds is 4. The van der Waals surface area contributed by atoms with Crippen molar-refractivity contribution in [1.82, 2.24) is 0 Å². The van der Waals surface area contributed by atoms with Gasteiger partial charge in [-0.15, -0.1) is 0 Å². The highest BCUT2D eigenvalue weighted by Gasteiger charge is 2.50. The fourth-order valence-electron chi connectivity index (χ4n) is 6.10. The summed E-state index contributed by atoms with van der Waals surface area (Å²) in [5, 5.41) is 29.2. The van der Waals surface area contributed by atoms with Gasteiger partial charge in [-0.25, -0.2) is 0 Å². The molecule has 150 valence electrons. The van der Waals surface area contributed by atoms with E-state index in [9.17, 15) is 20.1 Å². The predicted molar refractivity (Wildman–Crippen MR) is 106 cm³/mol. The zero-order valence-corrected chi connectivity index (χ0v) is 16.7. The largest absolute Gasteiger partial charge is 0.481 e. The molecule has 0 aliphatic heterocycles. The van der Waals surface area contributed by atoms with Gasteiger partial charge < -0.3 is 15.3 Å². The van der Waals surface area contributed by atoms with Crippen LogP contribution >= 0.6 is 0 Å². The highest BCUT2D eigenvalue weighted by atomic mass is 16.4. The summed E-state index contributed by atoms with van der Waals surface area (Å²) < 4.78 is 0. The molecule has 6 atom stereocenters. The zero-order chi connectivity index (χ0) is 19.8. The molecule has 0 radical (unpaired) electrons. The maximum Gasteiger partial charge on any atom is 0.303 e. The molecule has 3 fully saturated rings. The van der Waals surface area contributed by atoms with Crippen LogP contribution in [0.4, 0.5) is 0 Å². The van der Waals surface area contributed by atoms with Crippen LogP contribution in [0.15, 0.2) is 35.5 Å². The highest BCUT2D eigenvalue weighted by molar-refractivity contribution is 5.67. The van der Waals surface area contributed by atoms with E-state index in [2.05, 4.69) is 32.6 Å². The summed E-state index contributed by atoms with van der Waals surface area (Å²) >= 11 is 0. The molecule has 0 heterocycles. The van der Waals surface area contributed by atoms with Crippen LogP contribution in [0.5, 0.6) is 0 Å². The van der Waals surface area contributed by atoms with Crippen molar-refractivity contribution < 1.29 is 20.1 Å². The van der Waals surface area contributed by atoms with E-state index >= 15 is 0 Å². The van der Waals surface area contributed by atoms with Gasteiger partial charge in [0.2, 0.25) is 0 Å². The lowest BCUT2D eigenvalue weighted by atomic mass is 9.61. The van der Waals surface area contributed by atoms with E-state index in [1.54, 1.807) is 0 Å². The lowest BCUT2D eigenvalue weighted by Gasteiger charge is -2.44. The van der Waals surface area contributed by atoms with E-state index in [-0.39, 0.29) is 17.8 Å². The van der Waals surface area contributed by atoms with Crippen LogP contribution in [-0.2, 0) is 4.79 Å². The normalized spacial score (nSPS) is 41.0. The van der Waals surface area contributed by atoms with Crippen LogP contribution in [0.2, 0.25) is 0 Å². The zero-order valence-electron chi connectivity index (χ0n) is 16.7. The molecule has 0 amide bonds. The van der Waals surface area contributed by atoms with E-state index in [0.717, 1.165) is 36.8 Å². The first-order valence-corrected chi connectivity index (χ1v) is 10.4. The summed E-state index contributed by atoms with van der Waals surface area (Å²) in [4.78, 5) is 11.2. The third-order valence-electron chi connectivity index (χ3n) is 7.49. The van der Waals surface area contributed by atoms with Gasteiger partial charge in [-0.1, -0.05) is 38.2 Å². The number of carboxylic acids is 1. The molecule has 3 aliphatic rings. The van der Waals surface area contributed by atoms with Gasteiger partial charge in [0.15, 0.2) is 0 Å². The van der Waals surface area contributed by atoms with Crippen LogP contribution in [-0.4, -0.2) is 33.5 Å². The van der Waals surface area contributed by atoms with Crippen LogP contribution in [0.1, 0.15) is 65.2 Å². The van der Waals surface area contributed by atoms with Crippen LogP contribution in [0, 0.1) is 23.2 Å². The van der Waals surface area contributed by atoms with Gasteiger partial charge in [-0.05, 0) is 72.8 Å². The molecule has 3 N–H and O–H groups in total. The first-order valence-electron chi connectivity index (χ1n) is 10.4. The molecule has 0 unspecified atom stereocenters. The third kappa shape index (κ3) is 4.07. The second-order valence-corrected chi connectivity index (χ2v) is 9.24. The first-order chi connectivity index (χ1) is 12.7. The molecule has 4 nitrogen and oxygen atoms in total. The Balaban J connectivity index is 1.80. The molecular formula is C23H34O4. The number of carboxylic acid groups (broad SMARTS) is 1. The Labute approximate surface area is 162 Å².